The maximum absolute atomic E-state index is 13.6. The Morgan fingerprint density at radius 3 is 2.37 bits per heavy atom. The van der Waals surface area contributed by atoms with E-state index in [0.29, 0.717) is 37.9 Å². The molecule has 2 aromatic carbocycles. The van der Waals surface area contributed by atoms with Gasteiger partial charge in [-0.2, -0.15) is 5.26 Å². The molecule has 0 spiro atoms. The summed E-state index contributed by atoms with van der Waals surface area (Å²) in [6.07, 6.45) is 3.19. The molecule has 160 valence electrons. The number of nitrogens with zero attached hydrogens (tertiary/aromatic N) is 1. The van der Waals surface area contributed by atoms with Crippen molar-refractivity contribution in [3.05, 3.63) is 53.4 Å². The molecule has 0 bridgehead atoms. The molecular formula is C24H28FNO4. The predicted octanol–water partition coefficient (Wildman–Crippen LogP) is 5.20. The van der Waals surface area contributed by atoms with Gasteiger partial charge in [0.25, 0.3) is 0 Å². The van der Waals surface area contributed by atoms with E-state index in [1.807, 2.05) is 12.1 Å². The van der Waals surface area contributed by atoms with E-state index in [-0.39, 0.29) is 11.7 Å². The maximum atomic E-state index is 13.6. The third kappa shape index (κ3) is 6.06. The van der Waals surface area contributed by atoms with Crippen molar-refractivity contribution >= 4 is 6.08 Å². The highest BCUT2D eigenvalue weighted by atomic mass is 19.1. The molecule has 5 nitrogen and oxygen atoms in total. The lowest BCUT2D eigenvalue weighted by Crippen LogP contribution is -2.11. The quantitative estimate of drug-likeness (QED) is 0.374. The summed E-state index contributed by atoms with van der Waals surface area (Å²) in [6.45, 7) is 5.80. The molecular weight excluding hydrogens is 385 g/mol. The standard InChI is InChI=1S/C24H28FNO4/c1-17(2)21-16-22(28-4)24(30-15-14-29-13-12-27-3)23(20(21)6-5-11-26)18-7-9-19(25)10-8-18/h5-10,16-17H,12-15H2,1-4H3. The summed E-state index contributed by atoms with van der Waals surface area (Å²) in [6, 6.07) is 10.2. The Kier molecular flexibility index (Phi) is 9.33. The Balaban J connectivity index is 2.57. The van der Waals surface area contributed by atoms with E-state index in [0.717, 1.165) is 22.3 Å². The smallest absolute Gasteiger partial charge is 0.169 e. The molecule has 0 aliphatic rings. The molecule has 0 fully saturated rings. The molecule has 2 aromatic rings. The van der Waals surface area contributed by atoms with E-state index < -0.39 is 0 Å². The fraction of sp³-hybridized carbons (Fsp3) is 0.375. The number of rotatable bonds is 11. The fourth-order valence-corrected chi connectivity index (χ4v) is 3.10. The Morgan fingerprint density at radius 1 is 1.07 bits per heavy atom. The molecule has 0 radical (unpaired) electrons. The second-order valence-electron chi connectivity index (χ2n) is 6.86. The summed E-state index contributed by atoms with van der Waals surface area (Å²) in [5.74, 6) is 0.946. The second kappa shape index (κ2) is 12.0. The fourth-order valence-electron chi connectivity index (χ4n) is 3.10. The molecule has 0 N–H and O–H groups in total. The third-order valence-corrected chi connectivity index (χ3v) is 4.52. The number of benzene rings is 2. The van der Waals surface area contributed by atoms with Gasteiger partial charge in [0.1, 0.15) is 12.4 Å². The van der Waals surface area contributed by atoms with Crippen molar-refractivity contribution in [2.24, 2.45) is 0 Å². The first-order valence-corrected chi connectivity index (χ1v) is 9.79. The number of hydrogen-bond donors (Lipinski definition) is 0. The Bertz CT molecular complexity index is 886. The van der Waals surface area contributed by atoms with Gasteiger partial charge in [-0.15, -0.1) is 0 Å². The average Bonchev–Trinajstić information content (AvgIpc) is 2.74. The second-order valence-corrected chi connectivity index (χ2v) is 6.86. The number of hydrogen-bond acceptors (Lipinski definition) is 5. The van der Waals surface area contributed by atoms with Crippen molar-refractivity contribution in [3.8, 4) is 28.7 Å². The van der Waals surface area contributed by atoms with E-state index in [9.17, 15) is 4.39 Å². The lowest BCUT2D eigenvalue weighted by molar-refractivity contribution is 0.0541. The van der Waals surface area contributed by atoms with Crippen molar-refractivity contribution in [1.82, 2.24) is 0 Å². The van der Waals surface area contributed by atoms with Crippen molar-refractivity contribution in [2.75, 3.05) is 40.6 Å². The lowest BCUT2D eigenvalue weighted by Gasteiger charge is -2.22. The molecule has 0 aromatic heterocycles. The summed E-state index contributed by atoms with van der Waals surface area (Å²) in [4.78, 5) is 0. The van der Waals surface area contributed by atoms with Crippen LogP contribution in [0.2, 0.25) is 0 Å². The van der Waals surface area contributed by atoms with Gasteiger partial charge >= 0.3 is 0 Å². The van der Waals surface area contributed by atoms with Gasteiger partial charge in [0.05, 0.1) is 33.0 Å². The highest BCUT2D eigenvalue weighted by Gasteiger charge is 2.22. The lowest BCUT2D eigenvalue weighted by atomic mass is 9.88. The number of methoxy groups -OCH3 is 2. The van der Waals surface area contributed by atoms with Gasteiger partial charge in [-0.25, -0.2) is 4.39 Å². The molecule has 2 rings (SSSR count). The van der Waals surface area contributed by atoms with Crippen LogP contribution in [0.25, 0.3) is 17.2 Å². The highest BCUT2D eigenvalue weighted by Crippen LogP contribution is 2.45. The summed E-state index contributed by atoms with van der Waals surface area (Å²) in [5, 5.41) is 9.10. The number of allylic oxidation sites excluding steroid dienone is 1. The van der Waals surface area contributed by atoms with Crippen LogP contribution in [0.1, 0.15) is 30.9 Å². The minimum absolute atomic E-state index is 0.169. The van der Waals surface area contributed by atoms with Gasteiger partial charge in [-0.1, -0.05) is 26.0 Å². The molecule has 6 heteroatoms. The first-order valence-electron chi connectivity index (χ1n) is 9.79. The summed E-state index contributed by atoms with van der Waals surface area (Å²) in [5.41, 5.74) is 3.36. The molecule has 0 aliphatic carbocycles. The molecule has 0 amide bonds. The van der Waals surface area contributed by atoms with E-state index in [1.165, 1.54) is 18.2 Å². The highest BCUT2D eigenvalue weighted by molar-refractivity contribution is 5.85. The molecule has 0 aliphatic heterocycles. The largest absolute Gasteiger partial charge is 0.493 e. The van der Waals surface area contributed by atoms with Gasteiger partial charge < -0.3 is 18.9 Å². The Labute approximate surface area is 177 Å². The zero-order valence-corrected chi connectivity index (χ0v) is 17.9. The summed E-state index contributed by atoms with van der Waals surface area (Å²) < 4.78 is 35.7. The topological polar surface area (TPSA) is 60.7 Å². The van der Waals surface area contributed by atoms with E-state index in [1.54, 1.807) is 32.4 Å². The van der Waals surface area contributed by atoms with Crippen molar-refractivity contribution in [2.45, 2.75) is 19.8 Å². The molecule has 0 atom stereocenters. The van der Waals surface area contributed by atoms with E-state index >= 15 is 0 Å². The minimum Gasteiger partial charge on any atom is -0.493 e. The van der Waals surface area contributed by atoms with Crippen molar-refractivity contribution < 1.29 is 23.3 Å². The van der Waals surface area contributed by atoms with Crippen molar-refractivity contribution in [1.29, 1.82) is 5.26 Å². The normalized spacial score (nSPS) is 11.1. The molecule has 0 unspecified atom stereocenters. The maximum Gasteiger partial charge on any atom is 0.169 e. The molecule has 30 heavy (non-hydrogen) atoms. The predicted molar refractivity (Wildman–Crippen MR) is 115 cm³/mol. The van der Waals surface area contributed by atoms with Gasteiger partial charge in [0, 0.05) is 18.7 Å². The van der Waals surface area contributed by atoms with E-state index in [4.69, 9.17) is 24.2 Å². The van der Waals surface area contributed by atoms with Crippen LogP contribution in [-0.4, -0.2) is 40.6 Å². The van der Waals surface area contributed by atoms with E-state index in [2.05, 4.69) is 13.8 Å². The SMILES string of the molecule is COCCOCCOc1c(OC)cc(C(C)C)c(C=CC#N)c1-c1ccc(F)cc1. The first kappa shape index (κ1) is 23.4. The number of ether oxygens (including phenoxy) is 4. The third-order valence-electron chi connectivity index (χ3n) is 4.52. The Morgan fingerprint density at radius 2 is 1.77 bits per heavy atom. The first-order chi connectivity index (χ1) is 14.5. The number of nitriles is 1. The van der Waals surface area contributed by atoms with Crippen LogP contribution in [0.3, 0.4) is 0 Å². The van der Waals surface area contributed by atoms with Crippen LogP contribution in [0, 0.1) is 17.1 Å². The minimum atomic E-state index is -0.325. The molecule has 0 saturated heterocycles. The number of halogens is 1. The van der Waals surface area contributed by atoms with Crippen LogP contribution in [0.5, 0.6) is 11.5 Å². The van der Waals surface area contributed by atoms with Crippen molar-refractivity contribution in [3.63, 3.8) is 0 Å². The van der Waals surface area contributed by atoms with Gasteiger partial charge in [-0.05, 0) is 46.9 Å². The average molecular weight is 413 g/mol. The molecule has 0 saturated carbocycles. The summed E-state index contributed by atoms with van der Waals surface area (Å²) >= 11 is 0. The van der Waals surface area contributed by atoms with Gasteiger partial charge in [0.2, 0.25) is 0 Å². The monoisotopic (exact) mass is 413 g/mol. The zero-order valence-electron chi connectivity index (χ0n) is 17.9. The molecule has 0 heterocycles. The van der Waals surface area contributed by atoms with Crippen LogP contribution in [0.4, 0.5) is 4.39 Å². The van der Waals surface area contributed by atoms with Crippen LogP contribution < -0.4 is 9.47 Å². The van der Waals surface area contributed by atoms with Gasteiger partial charge in [-0.3, -0.25) is 0 Å². The van der Waals surface area contributed by atoms with Crippen LogP contribution in [0.15, 0.2) is 36.4 Å². The zero-order chi connectivity index (χ0) is 21.9. The van der Waals surface area contributed by atoms with Crippen LogP contribution >= 0.6 is 0 Å². The van der Waals surface area contributed by atoms with Gasteiger partial charge in [0.15, 0.2) is 11.5 Å². The summed E-state index contributed by atoms with van der Waals surface area (Å²) in [7, 11) is 3.20. The van der Waals surface area contributed by atoms with Crippen LogP contribution in [-0.2, 0) is 9.47 Å². The Hall–Kier alpha value is -2.88.